The predicted octanol–water partition coefficient (Wildman–Crippen LogP) is 1.13. The van der Waals surface area contributed by atoms with Crippen LogP contribution in [0.1, 0.15) is 26.7 Å². The number of alkyl halides is 2. The molecule has 0 aromatic heterocycles. The van der Waals surface area contributed by atoms with Gasteiger partial charge in [-0.3, -0.25) is 9.59 Å². The average Bonchev–Trinajstić information content (AvgIpc) is 1.96. The molecule has 1 aliphatic rings. The molecule has 14 heavy (non-hydrogen) atoms. The third-order valence-corrected chi connectivity index (χ3v) is 2.44. The fraction of sp³-hybridized carbons (Fsp3) is 0.778. The van der Waals surface area contributed by atoms with E-state index in [4.69, 9.17) is 0 Å². The minimum absolute atomic E-state index is 0.0149. The lowest BCUT2D eigenvalue weighted by atomic mass is 9.83. The minimum atomic E-state index is -2.93. The summed E-state index contributed by atoms with van der Waals surface area (Å²) < 4.78 is 25.3. The first kappa shape index (κ1) is 11.1. The lowest BCUT2D eigenvalue weighted by molar-refractivity contribution is -0.139. The molecule has 0 heterocycles. The standard InChI is InChI=1S/C9H13F2NO2/c1-5(9(2,10)11)12-8(14)6-3-7(13)4-6/h5-6H,3-4H2,1-2H3,(H,12,14)/t5-/m0/s1. The third kappa shape index (κ3) is 2.49. The van der Waals surface area contributed by atoms with Crippen molar-refractivity contribution in [2.45, 2.75) is 38.7 Å². The van der Waals surface area contributed by atoms with Crippen LogP contribution in [0, 0.1) is 5.92 Å². The summed E-state index contributed by atoms with van der Waals surface area (Å²) in [6, 6.07) is -1.19. The molecule has 0 aromatic carbocycles. The Labute approximate surface area is 80.9 Å². The molecular weight excluding hydrogens is 192 g/mol. The number of carbonyl (C=O) groups is 2. The molecule has 1 saturated carbocycles. The van der Waals surface area contributed by atoms with E-state index >= 15 is 0 Å². The Hall–Kier alpha value is -1.00. The van der Waals surface area contributed by atoms with Crippen molar-refractivity contribution in [3.05, 3.63) is 0 Å². The number of hydrogen-bond acceptors (Lipinski definition) is 2. The Kier molecular flexibility index (Phi) is 2.87. The van der Waals surface area contributed by atoms with Crippen LogP contribution >= 0.6 is 0 Å². The van der Waals surface area contributed by atoms with Gasteiger partial charge >= 0.3 is 0 Å². The molecule has 3 nitrogen and oxygen atoms in total. The Morgan fingerprint density at radius 2 is 2.07 bits per heavy atom. The van der Waals surface area contributed by atoms with Crippen LogP contribution < -0.4 is 5.32 Å². The van der Waals surface area contributed by atoms with Gasteiger partial charge in [0.15, 0.2) is 0 Å². The highest BCUT2D eigenvalue weighted by Gasteiger charge is 2.37. The molecule has 1 rings (SSSR count). The Balaban J connectivity index is 2.38. The van der Waals surface area contributed by atoms with Crippen molar-refractivity contribution in [1.29, 1.82) is 0 Å². The monoisotopic (exact) mass is 205 g/mol. The van der Waals surface area contributed by atoms with Crippen LogP contribution in [0.5, 0.6) is 0 Å². The van der Waals surface area contributed by atoms with E-state index in [2.05, 4.69) is 5.32 Å². The van der Waals surface area contributed by atoms with Crippen molar-refractivity contribution in [1.82, 2.24) is 5.32 Å². The van der Waals surface area contributed by atoms with E-state index in [0.29, 0.717) is 0 Å². The maximum absolute atomic E-state index is 12.7. The number of nitrogens with one attached hydrogen (secondary N) is 1. The second kappa shape index (κ2) is 3.63. The zero-order chi connectivity index (χ0) is 10.9. The topological polar surface area (TPSA) is 46.2 Å². The summed E-state index contributed by atoms with van der Waals surface area (Å²) >= 11 is 0. The Morgan fingerprint density at radius 3 is 2.43 bits per heavy atom. The molecule has 1 amide bonds. The zero-order valence-electron chi connectivity index (χ0n) is 8.14. The molecule has 0 bridgehead atoms. The van der Waals surface area contributed by atoms with Crippen molar-refractivity contribution in [2.75, 3.05) is 0 Å². The molecule has 0 saturated heterocycles. The first-order chi connectivity index (χ1) is 6.30. The predicted molar refractivity (Wildman–Crippen MR) is 46.0 cm³/mol. The van der Waals surface area contributed by atoms with Crippen molar-refractivity contribution in [3.8, 4) is 0 Å². The molecular formula is C9H13F2NO2. The fourth-order valence-corrected chi connectivity index (χ4v) is 1.13. The number of halogens is 2. The van der Waals surface area contributed by atoms with Gasteiger partial charge in [-0.1, -0.05) is 0 Å². The number of carbonyl (C=O) groups excluding carboxylic acids is 2. The van der Waals surface area contributed by atoms with E-state index in [1.807, 2.05) is 0 Å². The molecule has 0 aliphatic heterocycles. The highest BCUT2D eigenvalue weighted by Crippen LogP contribution is 2.24. The largest absolute Gasteiger partial charge is 0.347 e. The third-order valence-electron chi connectivity index (χ3n) is 2.44. The number of ketones is 1. The molecule has 0 aromatic rings. The zero-order valence-corrected chi connectivity index (χ0v) is 8.14. The fourth-order valence-electron chi connectivity index (χ4n) is 1.13. The summed E-state index contributed by atoms with van der Waals surface area (Å²) in [4.78, 5) is 21.8. The van der Waals surface area contributed by atoms with Crippen molar-refractivity contribution in [2.24, 2.45) is 5.92 Å². The smallest absolute Gasteiger partial charge is 0.264 e. The van der Waals surface area contributed by atoms with Gasteiger partial charge in [-0.05, 0) is 6.92 Å². The van der Waals surface area contributed by atoms with Crippen LogP contribution in [-0.2, 0) is 9.59 Å². The number of hydrogen-bond donors (Lipinski definition) is 1. The molecule has 0 unspecified atom stereocenters. The maximum atomic E-state index is 12.7. The normalized spacial score (nSPS) is 20.1. The number of rotatable bonds is 3. The summed E-state index contributed by atoms with van der Waals surface area (Å²) in [7, 11) is 0. The maximum Gasteiger partial charge on any atom is 0.264 e. The van der Waals surface area contributed by atoms with Gasteiger partial charge in [0, 0.05) is 19.8 Å². The highest BCUT2D eigenvalue weighted by atomic mass is 19.3. The van der Waals surface area contributed by atoms with Gasteiger partial charge in [0.05, 0.1) is 12.0 Å². The summed E-state index contributed by atoms with van der Waals surface area (Å²) in [5.41, 5.74) is 0. The Morgan fingerprint density at radius 1 is 1.57 bits per heavy atom. The molecule has 0 radical (unpaired) electrons. The van der Waals surface area contributed by atoms with E-state index in [1.54, 1.807) is 0 Å². The molecule has 80 valence electrons. The van der Waals surface area contributed by atoms with E-state index in [1.165, 1.54) is 6.92 Å². The van der Waals surface area contributed by atoms with Crippen LogP contribution in [0.25, 0.3) is 0 Å². The van der Waals surface area contributed by atoms with Gasteiger partial charge in [0.2, 0.25) is 5.91 Å². The summed E-state index contributed by atoms with van der Waals surface area (Å²) in [6.45, 7) is 2.00. The SMILES string of the molecule is C[C@H](NC(=O)C1CC(=O)C1)C(C)(F)F. The molecule has 0 spiro atoms. The average molecular weight is 205 g/mol. The second-order valence-corrected chi connectivity index (χ2v) is 3.83. The first-order valence-electron chi connectivity index (χ1n) is 4.50. The van der Waals surface area contributed by atoms with Gasteiger partial charge in [0.25, 0.3) is 5.92 Å². The first-order valence-corrected chi connectivity index (χ1v) is 4.50. The van der Waals surface area contributed by atoms with Crippen molar-refractivity contribution < 1.29 is 18.4 Å². The van der Waals surface area contributed by atoms with Crippen LogP contribution in [0.15, 0.2) is 0 Å². The van der Waals surface area contributed by atoms with Crippen molar-refractivity contribution in [3.63, 3.8) is 0 Å². The van der Waals surface area contributed by atoms with Crippen LogP contribution in [0.3, 0.4) is 0 Å². The molecule has 1 N–H and O–H groups in total. The minimum Gasteiger partial charge on any atom is -0.347 e. The summed E-state index contributed by atoms with van der Waals surface area (Å²) in [5.74, 6) is -3.75. The lowest BCUT2D eigenvalue weighted by Crippen LogP contribution is -2.48. The van der Waals surface area contributed by atoms with Gasteiger partial charge in [0.1, 0.15) is 5.78 Å². The lowest BCUT2D eigenvalue weighted by Gasteiger charge is -2.27. The van der Waals surface area contributed by atoms with Gasteiger partial charge < -0.3 is 5.32 Å². The van der Waals surface area contributed by atoms with E-state index in [0.717, 1.165) is 6.92 Å². The van der Waals surface area contributed by atoms with Gasteiger partial charge in [-0.25, -0.2) is 8.78 Å². The van der Waals surface area contributed by atoms with E-state index in [-0.39, 0.29) is 18.6 Å². The van der Waals surface area contributed by atoms with Crippen molar-refractivity contribution >= 4 is 11.7 Å². The molecule has 1 atom stereocenters. The number of Topliss-reactive ketones (excluding diaryl/α,β-unsaturated/α-hetero) is 1. The van der Waals surface area contributed by atoms with Crippen LogP contribution in [0.2, 0.25) is 0 Å². The van der Waals surface area contributed by atoms with Crippen LogP contribution in [-0.4, -0.2) is 23.7 Å². The van der Waals surface area contributed by atoms with Gasteiger partial charge in [-0.2, -0.15) is 0 Å². The summed E-state index contributed by atoms with van der Waals surface area (Å²) in [5, 5.41) is 2.20. The van der Waals surface area contributed by atoms with Gasteiger partial charge in [-0.15, -0.1) is 0 Å². The number of amides is 1. The van der Waals surface area contributed by atoms with E-state index in [9.17, 15) is 18.4 Å². The molecule has 1 aliphatic carbocycles. The van der Waals surface area contributed by atoms with E-state index < -0.39 is 23.8 Å². The highest BCUT2D eigenvalue weighted by molar-refractivity contribution is 5.96. The summed E-state index contributed by atoms with van der Waals surface area (Å²) in [6.07, 6.45) is 0.377. The quantitative estimate of drug-likeness (QED) is 0.750. The molecule has 5 heteroatoms. The Bertz CT molecular complexity index is 252. The van der Waals surface area contributed by atoms with Crippen LogP contribution in [0.4, 0.5) is 8.78 Å². The molecule has 1 fully saturated rings. The second-order valence-electron chi connectivity index (χ2n) is 3.83.